The average molecular weight is 204 g/mol. The van der Waals surface area contributed by atoms with Crippen LogP contribution in [0.5, 0.6) is 5.75 Å². The molecular weight excluding hydrogens is 192 g/mol. The smallest absolute Gasteiger partial charge is 0.322 e. The molecule has 1 N–H and O–H groups in total. The van der Waals surface area contributed by atoms with E-state index in [1.54, 1.807) is 4.90 Å². The Labute approximate surface area is 87.8 Å². The zero-order valence-corrected chi connectivity index (χ0v) is 8.32. The zero-order chi connectivity index (χ0) is 10.3. The third kappa shape index (κ3) is 1.25. The highest BCUT2D eigenvalue weighted by Crippen LogP contribution is 2.34. The zero-order valence-electron chi connectivity index (χ0n) is 8.32. The van der Waals surface area contributed by atoms with E-state index in [9.17, 15) is 4.79 Å². The van der Waals surface area contributed by atoms with Gasteiger partial charge in [0, 0.05) is 25.1 Å². The van der Waals surface area contributed by atoms with E-state index in [0.717, 1.165) is 43.1 Å². The fraction of sp³-hybridized carbons (Fsp3) is 0.364. The first-order chi connectivity index (χ1) is 7.36. The highest BCUT2D eigenvalue weighted by Gasteiger charge is 2.26. The summed E-state index contributed by atoms with van der Waals surface area (Å²) in [7, 11) is 0. The molecule has 0 saturated carbocycles. The minimum atomic E-state index is -0.00435. The summed E-state index contributed by atoms with van der Waals surface area (Å²) in [6.07, 6.45) is 0.898. The van der Waals surface area contributed by atoms with Crippen LogP contribution in [0.4, 0.5) is 10.5 Å². The van der Waals surface area contributed by atoms with Crippen LogP contribution >= 0.6 is 0 Å². The molecule has 0 bridgehead atoms. The molecule has 4 heteroatoms. The summed E-state index contributed by atoms with van der Waals surface area (Å²) in [6.45, 7) is 2.19. The molecule has 0 atom stereocenters. The van der Waals surface area contributed by atoms with Gasteiger partial charge in [0.15, 0.2) is 0 Å². The van der Waals surface area contributed by atoms with Gasteiger partial charge in [-0.05, 0) is 12.1 Å². The molecule has 0 radical (unpaired) electrons. The van der Waals surface area contributed by atoms with Crippen LogP contribution in [0.1, 0.15) is 5.56 Å². The molecule has 2 aliphatic rings. The molecular formula is C11H12N2O2. The molecule has 1 aromatic carbocycles. The lowest BCUT2D eigenvalue weighted by Gasteiger charge is -2.16. The Morgan fingerprint density at radius 2 is 2.33 bits per heavy atom. The van der Waals surface area contributed by atoms with E-state index in [1.165, 1.54) is 0 Å². The number of nitrogens with zero attached hydrogens (tertiary/aromatic N) is 1. The van der Waals surface area contributed by atoms with E-state index in [0.29, 0.717) is 0 Å². The molecule has 2 aliphatic heterocycles. The van der Waals surface area contributed by atoms with E-state index in [4.69, 9.17) is 4.74 Å². The molecule has 2 heterocycles. The number of nitrogens with one attached hydrogen (secondary N) is 1. The van der Waals surface area contributed by atoms with Gasteiger partial charge in [-0.1, -0.05) is 6.07 Å². The van der Waals surface area contributed by atoms with Gasteiger partial charge in [0.1, 0.15) is 5.75 Å². The van der Waals surface area contributed by atoms with Crippen molar-refractivity contribution in [1.29, 1.82) is 0 Å². The van der Waals surface area contributed by atoms with Crippen molar-refractivity contribution >= 4 is 11.7 Å². The maximum Gasteiger partial charge on any atom is 0.322 e. The van der Waals surface area contributed by atoms with Crippen LogP contribution in [-0.4, -0.2) is 25.7 Å². The molecule has 1 fully saturated rings. The molecule has 0 unspecified atom stereocenters. The first kappa shape index (κ1) is 8.59. The Bertz CT molecular complexity index is 417. The highest BCUT2D eigenvalue weighted by atomic mass is 16.5. The summed E-state index contributed by atoms with van der Waals surface area (Å²) < 4.78 is 5.48. The van der Waals surface area contributed by atoms with E-state index in [-0.39, 0.29) is 6.03 Å². The number of carbonyl (C=O) groups excluding carboxylic acids is 1. The molecule has 1 aromatic rings. The van der Waals surface area contributed by atoms with Gasteiger partial charge < -0.3 is 10.1 Å². The van der Waals surface area contributed by atoms with E-state index in [2.05, 4.69) is 5.32 Å². The summed E-state index contributed by atoms with van der Waals surface area (Å²) in [4.78, 5) is 13.3. The number of urea groups is 1. The largest absolute Gasteiger partial charge is 0.493 e. The fourth-order valence-corrected chi connectivity index (χ4v) is 2.16. The summed E-state index contributed by atoms with van der Waals surface area (Å²) >= 11 is 0. The molecule has 0 aromatic heterocycles. The Morgan fingerprint density at radius 1 is 1.40 bits per heavy atom. The number of carbonyl (C=O) groups is 1. The maximum absolute atomic E-state index is 11.5. The van der Waals surface area contributed by atoms with Crippen molar-refractivity contribution in [3.63, 3.8) is 0 Å². The van der Waals surface area contributed by atoms with Gasteiger partial charge >= 0.3 is 6.03 Å². The predicted molar refractivity (Wildman–Crippen MR) is 56.4 cm³/mol. The highest BCUT2D eigenvalue weighted by molar-refractivity contribution is 5.95. The Kier molecular flexibility index (Phi) is 1.80. The maximum atomic E-state index is 11.5. The van der Waals surface area contributed by atoms with Gasteiger partial charge in [-0.25, -0.2) is 4.79 Å². The monoisotopic (exact) mass is 204 g/mol. The number of hydrogen-bond donors (Lipinski definition) is 1. The van der Waals surface area contributed by atoms with Gasteiger partial charge in [-0.3, -0.25) is 4.90 Å². The van der Waals surface area contributed by atoms with Crippen molar-refractivity contribution in [2.75, 3.05) is 24.6 Å². The lowest BCUT2D eigenvalue weighted by molar-refractivity contribution is 0.252. The second-order valence-electron chi connectivity index (χ2n) is 3.74. The van der Waals surface area contributed by atoms with Crippen molar-refractivity contribution < 1.29 is 9.53 Å². The van der Waals surface area contributed by atoms with Crippen molar-refractivity contribution in [2.45, 2.75) is 6.42 Å². The summed E-state index contributed by atoms with van der Waals surface area (Å²) in [6, 6.07) is 5.87. The number of hydrogen-bond acceptors (Lipinski definition) is 2. The molecule has 0 aliphatic carbocycles. The second kappa shape index (κ2) is 3.15. The van der Waals surface area contributed by atoms with Crippen LogP contribution < -0.4 is 15.0 Å². The van der Waals surface area contributed by atoms with E-state index < -0.39 is 0 Å². The number of fused-ring (bicyclic) bond motifs is 1. The normalized spacial score (nSPS) is 18.7. The minimum absolute atomic E-state index is 0.00435. The Morgan fingerprint density at radius 3 is 3.13 bits per heavy atom. The molecule has 2 amide bonds. The van der Waals surface area contributed by atoms with Crippen LogP contribution in [0.3, 0.4) is 0 Å². The fourth-order valence-electron chi connectivity index (χ4n) is 2.16. The standard InChI is InChI=1S/C11H12N2O2/c14-11-12-5-6-13(11)9-2-1-3-10-8(9)4-7-15-10/h1-3H,4-7H2,(H,12,14). The quantitative estimate of drug-likeness (QED) is 0.745. The molecule has 1 saturated heterocycles. The molecule has 4 nitrogen and oxygen atoms in total. The van der Waals surface area contributed by atoms with Crippen molar-refractivity contribution in [1.82, 2.24) is 5.32 Å². The first-order valence-electron chi connectivity index (χ1n) is 5.16. The summed E-state index contributed by atoms with van der Waals surface area (Å²) in [5.74, 6) is 0.923. The van der Waals surface area contributed by atoms with E-state index >= 15 is 0 Å². The van der Waals surface area contributed by atoms with Crippen LogP contribution in [0.2, 0.25) is 0 Å². The number of rotatable bonds is 1. The van der Waals surface area contributed by atoms with Gasteiger partial charge in [0.05, 0.1) is 12.3 Å². The van der Waals surface area contributed by atoms with Crippen LogP contribution in [0.15, 0.2) is 18.2 Å². The SMILES string of the molecule is O=C1NCCN1c1cccc2c1CCO2. The lowest BCUT2D eigenvalue weighted by Crippen LogP contribution is -2.28. The third-order valence-corrected chi connectivity index (χ3v) is 2.87. The number of benzene rings is 1. The van der Waals surface area contributed by atoms with E-state index in [1.807, 2.05) is 18.2 Å². The average Bonchev–Trinajstić information content (AvgIpc) is 2.85. The lowest BCUT2D eigenvalue weighted by atomic mass is 10.1. The molecule has 0 spiro atoms. The second-order valence-corrected chi connectivity index (χ2v) is 3.74. The van der Waals surface area contributed by atoms with Crippen LogP contribution in [-0.2, 0) is 6.42 Å². The van der Waals surface area contributed by atoms with Crippen molar-refractivity contribution in [3.05, 3.63) is 23.8 Å². The molecule has 78 valence electrons. The van der Waals surface area contributed by atoms with Gasteiger partial charge in [0.25, 0.3) is 0 Å². The van der Waals surface area contributed by atoms with Crippen LogP contribution in [0.25, 0.3) is 0 Å². The third-order valence-electron chi connectivity index (χ3n) is 2.87. The molecule has 15 heavy (non-hydrogen) atoms. The number of amides is 2. The predicted octanol–water partition coefficient (Wildman–Crippen LogP) is 1.15. The van der Waals surface area contributed by atoms with Crippen molar-refractivity contribution in [2.24, 2.45) is 0 Å². The summed E-state index contributed by atoms with van der Waals surface area (Å²) in [5, 5.41) is 2.81. The number of anilines is 1. The number of ether oxygens (including phenoxy) is 1. The summed E-state index contributed by atoms with van der Waals surface area (Å²) in [5.41, 5.74) is 2.16. The molecule has 3 rings (SSSR count). The van der Waals surface area contributed by atoms with Crippen molar-refractivity contribution in [3.8, 4) is 5.75 Å². The van der Waals surface area contributed by atoms with Gasteiger partial charge in [-0.15, -0.1) is 0 Å². The van der Waals surface area contributed by atoms with Gasteiger partial charge in [0.2, 0.25) is 0 Å². The topological polar surface area (TPSA) is 41.6 Å². The minimum Gasteiger partial charge on any atom is -0.493 e. The first-order valence-corrected chi connectivity index (χ1v) is 5.16. The van der Waals surface area contributed by atoms with Gasteiger partial charge in [-0.2, -0.15) is 0 Å². The Balaban J connectivity index is 2.05. The van der Waals surface area contributed by atoms with Crippen LogP contribution in [0, 0.1) is 0 Å². The Hall–Kier alpha value is -1.71.